The number of hydrogen-bond donors (Lipinski definition) is 0. The molecule has 0 nitrogen and oxygen atoms in total. The summed E-state index contributed by atoms with van der Waals surface area (Å²) in [6, 6.07) is 21.6. The summed E-state index contributed by atoms with van der Waals surface area (Å²) in [7, 11) is 0. The number of allylic oxidation sites excluding steroid dienone is 2. The number of rotatable bonds is 4. The molecule has 2 rings (SSSR count). The van der Waals surface area contributed by atoms with Gasteiger partial charge in [0.2, 0.25) is 0 Å². The van der Waals surface area contributed by atoms with E-state index in [1.54, 1.807) is 0 Å². The molecule has 0 saturated heterocycles. The van der Waals surface area contributed by atoms with Gasteiger partial charge in [0.1, 0.15) is 0 Å². The first-order valence-electron chi connectivity index (χ1n) is 7.38. The molecular formula is C20H24. The fourth-order valence-electron chi connectivity index (χ4n) is 2.83. The highest BCUT2D eigenvalue weighted by Crippen LogP contribution is 2.40. The van der Waals surface area contributed by atoms with Gasteiger partial charge in [-0.1, -0.05) is 78.7 Å². The Hall–Kier alpha value is -1.82. The van der Waals surface area contributed by atoms with Gasteiger partial charge >= 0.3 is 0 Å². The predicted molar refractivity (Wildman–Crippen MR) is 88.0 cm³/mol. The summed E-state index contributed by atoms with van der Waals surface area (Å²) >= 11 is 0. The van der Waals surface area contributed by atoms with Crippen molar-refractivity contribution < 1.29 is 0 Å². The van der Waals surface area contributed by atoms with Crippen LogP contribution in [0.4, 0.5) is 0 Å². The molecular weight excluding hydrogens is 240 g/mol. The summed E-state index contributed by atoms with van der Waals surface area (Å²) in [5.41, 5.74) is 5.59. The third kappa shape index (κ3) is 2.56. The van der Waals surface area contributed by atoms with E-state index in [-0.39, 0.29) is 5.41 Å². The number of hydrogen-bond acceptors (Lipinski definition) is 0. The topological polar surface area (TPSA) is 0 Å². The van der Waals surface area contributed by atoms with E-state index in [2.05, 4.69) is 88.4 Å². The summed E-state index contributed by atoms with van der Waals surface area (Å²) in [6.45, 7) is 9.10. The Kier molecular flexibility index (Phi) is 4.44. The van der Waals surface area contributed by atoms with Gasteiger partial charge in [0, 0.05) is 5.41 Å². The SMILES string of the molecule is CC/C(C)=C(/C)C(C)(c1ccccc1)c1ccccc1. The van der Waals surface area contributed by atoms with Crippen molar-refractivity contribution in [1.82, 2.24) is 0 Å². The Labute approximate surface area is 123 Å². The lowest BCUT2D eigenvalue weighted by Gasteiger charge is -2.34. The van der Waals surface area contributed by atoms with Crippen LogP contribution in [-0.4, -0.2) is 0 Å². The third-order valence-corrected chi connectivity index (χ3v) is 4.62. The molecule has 0 aliphatic heterocycles. The van der Waals surface area contributed by atoms with Crippen molar-refractivity contribution in [1.29, 1.82) is 0 Å². The van der Waals surface area contributed by atoms with Crippen molar-refractivity contribution in [3.05, 3.63) is 82.9 Å². The van der Waals surface area contributed by atoms with E-state index in [9.17, 15) is 0 Å². The molecule has 0 heteroatoms. The molecule has 0 fully saturated rings. The molecule has 2 aromatic rings. The molecule has 0 unspecified atom stereocenters. The van der Waals surface area contributed by atoms with Crippen molar-refractivity contribution >= 4 is 0 Å². The van der Waals surface area contributed by atoms with Crippen molar-refractivity contribution in [3.8, 4) is 0 Å². The van der Waals surface area contributed by atoms with Crippen LogP contribution in [0, 0.1) is 0 Å². The van der Waals surface area contributed by atoms with Crippen molar-refractivity contribution in [2.24, 2.45) is 0 Å². The first-order chi connectivity index (χ1) is 9.60. The van der Waals surface area contributed by atoms with E-state index in [4.69, 9.17) is 0 Å². The molecule has 2 aromatic carbocycles. The summed E-state index contributed by atoms with van der Waals surface area (Å²) in [5.74, 6) is 0. The summed E-state index contributed by atoms with van der Waals surface area (Å²) < 4.78 is 0. The smallest absolute Gasteiger partial charge is 0.0382 e. The van der Waals surface area contributed by atoms with E-state index in [1.807, 2.05) is 0 Å². The minimum Gasteiger partial charge on any atom is -0.0735 e. The second-order valence-corrected chi connectivity index (χ2v) is 5.62. The van der Waals surface area contributed by atoms with Gasteiger partial charge in [-0.15, -0.1) is 0 Å². The van der Waals surface area contributed by atoms with Gasteiger partial charge in [0.05, 0.1) is 0 Å². The fraction of sp³-hybridized carbons (Fsp3) is 0.300. The van der Waals surface area contributed by atoms with Crippen LogP contribution in [0.15, 0.2) is 71.8 Å². The second kappa shape index (κ2) is 6.09. The van der Waals surface area contributed by atoms with E-state index in [0.29, 0.717) is 0 Å². The molecule has 0 aliphatic carbocycles. The van der Waals surface area contributed by atoms with Gasteiger partial charge in [-0.2, -0.15) is 0 Å². The van der Waals surface area contributed by atoms with Crippen LogP contribution >= 0.6 is 0 Å². The average Bonchev–Trinajstić information content (AvgIpc) is 2.54. The van der Waals surface area contributed by atoms with Crippen LogP contribution in [0.25, 0.3) is 0 Å². The highest BCUT2D eigenvalue weighted by Gasteiger charge is 2.31. The Morgan fingerprint density at radius 1 is 0.800 bits per heavy atom. The highest BCUT2D eigenvalue weighted by atomic mass is 14.3. The lowest BCUT2D eigenvalue weighted by atomic mass is 9.69. The van der Waals surface area contributed by atoms with Crippen LogP contribution in [0.2, 0.25) is 0 Å². The molecule has 0 radical (unpaired) electrons. The fourth-order valence-corrected chi connectivity index (χ4v) is 2.83. The molecule has 0 heterocycles. The van der Waals surface area contributed by atoms with E-state index < -0.39 is 0 Å². The largest absolute Gasteiger partial charge is 0.0735 e. The minimum absolute atomic E-state index is 0.0530. The van der Waals surface area contributed by atoms with Crippen LogP contribution < -0.4 is 0 Å². The predicted octanol–water partition coefficient (Wildman–Crippen LogP) is 5.74. The maximum Gasteiger partial charge on any atom is 0.0382 e. The minimum atomic E-state index is -0.0530. The Balaban J connectivity index is 2.68. The summed E-state index contributed by atoms with van der Waals surface area (Å²) in [5, 5.41) is 0. The molecule has 0 bridgehead atoms. The molecule has 20 heavy (non-hydrogen) atoms. The Morgan fingerprint density at radius 3 is 1.55 bits per heavy atom. The standard InChI is InChI=1S/C20H24/c1-5-16(2)17(3)20(4,18-12-8-6-9-13-18)19-14-10-7-11-15-19/h6-15H,5H2,1-4H3/b17-16-. The van der Waals surface area contributed by atoms with Gasteiger partial charge in [0.15, 0.2) is 0 Å². The highest BCUT2D eigenvalue weighted by molar-refractivity contribution is 5.48. The zero-order valence-electron chi connectivity index (χ0n) is 13.0. The number of benzene rings is 2. The van der Waals surface area contributed by atoms with Gasteiger partial charge in [0.25, 0.3) is 0 Å². The molecule has 104 valence electrons. The Morgan fingerprint density at radius 2 is 1.20 bits per heavy atom. The van der Waals surface area contributed by atoms with E-state index >= 15 is 0 Å². The summed E-state index contributed by atoms with van der Waals surface area (Å²) in [6.07, 6.45) is 1.10. The normalized spacial score (nSPS) is 13.0. The van der Waals surface area contributed by atoms with Crippen molar-refractivity contribution in [2.75, 3.05) is 0 Å². The van der Waals surface area contributed by atoms with Crippen molar-refractivity contribution in [2.45, 2.75) is 39.5 Å². The van der Waals surface area contributed by atoms with Crippen LogP contribution in [0.1, 0.15) is 45.2 Å². The molecule has 0 N–H and O–H groups in total. The van der Waals surface area contributed by atoms with Gasteiger partial charge in [-0.05, 0) is 38.3 Å². The third-order valence-electron chi connectivity index (χ3n) is 4.62. The molecule has 0 aliphatic rings. The quantitative estimate of drug-likeness (QED) is 0.618. The monoisotopic (exact) mass is 264 g/mol. The van der Waals surface area contributed by atoms with Crippen LogP contribution in [0.3, 0.4) is 0 Å². The maximum atomic E-state index is 2.34. The van der Waals surface area contributed by atoms with Gasteiger partial charge < -0.3 is 0 Å². The maximum absolute atomic E-state index is 2.34. The molecule has 0 spiro atoms. The first-order valence-corrected chi connectivity index (χ1v) is 7.38. The van der Waals surface area contributed by atoms with Crippen molar-refractivity contribution in [3.63, 3.8) is 0 Å². The zero-order valence-corrected chi connectivity index (χ0v) is 13.0. The second-order valence-electron chi connectivity index (χ2n) is 5.62. The van der Waals surface area contributed by atoms with E-state index in [1.165, 1.54) is 22.3 Å². The van der Waals surface area contributed by atoms with Crippen LogP contribution in [-0.2, 0) is 5.41 Å². The zero-order chi connectivity index (χ0) is 14.6. The van der Waals surface area contributed by atoms with E-state index in [0.717, 1.165) is 6.42 Å². The molecule has 0 aromatic heterocycles. The first kappa shape index (κ1) is 14.6. The van der Waals surface area contributed by atoms with Gasteiger partial charge in [-0.25, -0.2) is 0 Å². The van der Waals surface area contributed by atoms with Gasteiger partial charge in [-0.3, -0.25) is 0 Å². The summed E-state index contributed by atoms with van der Waals surface area (Å²) in [4.78, 5) is 0. The lowest BCUT2D eigenvalue weighted by Crippen LogP contribution is -2.26. The molecule has 0 amide bonds. The Bertz CT molecular complexity index is 536. The van der Waals surface area contributed by atoms with Crippen LogP contribution in [0.5, 0.6) is 0 Å². The lowest BCUT2D eigenvalue weighted by molar-refractivity contribution is 0.660. The molecule has 0 atom stereocenters. The molecule has 0 saturated carbocycles. The average molecular weight is 264 g/mol.